The predicted octanol–water partition coefficient (Wildman–Crippen LogP) is 3.66. The number of hydrogen-bond donors (Lipinski definition) is 1. The van der Waals surface area contributed by atoms with Crippen LogP contribution in [0.4, 0.5) is 5.82 Å². The maximum absolute atomic E-state index is 12.5. The van der Waals surface area contributed by atoms with Crippen molar-refractivity contribution in [2.45, 2.75) is 50.4 Å². The second-order valence-corrected chi connectivity index (χ2v) is 9.24. The average Bonchev–Trinajstić information content (AvgIpc) is 3.43. The molecule has 1 aliphatic carbocycles. The second kappa shape index (κ2) is 6.41. The summed E-state index contributed by atoms with van der Waals surface area (Å²) >= 11 is 6.10. The zero-order valence-corrected chi connectivity index (χ0v) is 17.7. The molecule has 0 radical (unpaired) electrons. The smallest absolute Gasteiger partial charge is 0.339 e. The van der Waals surface area contributed by atoms with Crippen LogP contribution in [0.15, 0.2) is 36.8 Å². The predicted molar refractivity (Wildman–Crippen MR) is 113 cm³/mol. The fourth-order valence-corrected chi connectivity index (χ4v) is 5.50. The molecule has 160 valence electrons. The molecule has 31 heavy (non-hydrogen) atoms. The second-order valence-electron chi connectivity index (χ2n) is 8.81. The number of esters is 1. The standard InChI is InChI=1S/C22H21ClN4O4/c1-22(2)30-17-14(16-11-4-3-10(23)7-13(11)21(28)29-16)8-15(18(17)31-22)27-6-5-12-19(24)25-9-26-20(12)27/h3-7,9,14-18H,8H2,1-2H3,(H2,24,25,26)/t14-,15-,16+,17-,18+/m1/s1. The Labute approximate surface area is 183 Å². The normalized spacial score (nSPS) is 31.1. The third-order valence-corrected chi connectivity index (χ3v) is 6.78. The topological polar surface area (TPSA) is 101 Å². The van der Waals surface area contributed by atoms with Gasteiger partial charge in [0, 0.05) is 22.7 Å². The Morgan fingerprint density at radius 2 is 2.00 bits per heavy atom. The molecule has 5 atom stereocenters. The summed E-state index contributed by atoms with van der Waals surface area (Å²) in [6, 6.07) is 7.18. The van der Waals surface area contributed by atoms with Crippen molar-refractivity contribution < 1.29 is 19.0 Å². The Kier molecular flexibility index (Phi) is 3.94. The van der Waals surface area contributed by atoms with E-state index in [-0.39, 0.29) is 30.1 Å². The number of nitrogen functional groups attached to an aromatic ring is 1. The first kappa shape index (κ1) is 19.0. The van der Waals surface area contributed by atoms with Gasteiger partial charge in [0.1, 0.15) is 30.0 Å². The van der Waals surface area contributed by atoms with Crippen LogP contribution in [0, 0.1) is 5.92 Å². The number of aromatic nitrogens is 3. The van der Waals surface area contributed by atoms with Crippen LogP contribution in [0.25, 0.3) is 11.0 Å². The monoisotopic (exact) mass is 440 g/mol. The maximum atomic E-state index is 12.5. The van der Waals surface area contributed by atoms with Gasteiger partial charge in [0.05, 0.1) is 23.1 Å². The first-order valence-electron chi connectivity index (χ1n) is 10.3. The third-order valence-electron chi connectivity index (χ3n) is 6.54. The molecule has 1 saturated carbocycles. The lowest BCUT2D eigenvalue weighted by Gasteiger charge is -2.26. The van der Waals surface area contributed by atoms with Gasteiger partial charge in [-0.15, -0.1) is 0 Å². The highest BCUT2D eigenvalue weighted by Gasteiger charge is 2.58. The molecule has 1 saturated heterocycles. The van der Waals surface area contributed by atoms with Gasteiger partial charge in [-0.05, 0) is 38.5 Å². The number of hydrogen-bond acceptors (Lipinski definition) is 7. The van der Waals surface area contributed by atoms with Crippen molar-refractivity contribution >= 4 is 34.4 Å². The van der Waals surface area contributed by atoms with Crippen molar-refractivity contribution in [2.24, 2.45) is 5.92 Å². The van der Waals surface area contributed by atoms with Crippen LogP contribution in [0.5, 0.6) is 0 Å². The van der Waals surface area contributed by atoms with E-state index in [9.17, 15) is 4.79 Å². The summed E-state index contributed by atoms with van der Waals surface area (Å²) in [6.45, 7) is 3.81. The first-order chi connectivity index (χ1) is 14.8. The summed E-state index contributed by atoms with van der Waals surface area (Å²) in [6.07, 6.45) is 3.24. The molecule has 2 N–H and O–H groups in total. The molecule has 0 unspecified atom stereocenters. The number of halogens is 1. The number of carbonyl (C=O) groups is 1. The van der Waals surface area contributed by atoms with E-state index in [1.807, 2.05) is 32.2 Å². The molecule has 2 aliphatic heterocycles. The van der Waals surface area contributed by atoms with E-state index in [0.29, 0.717) is 22.8 Å². The lowest BCUT2D eigenvalue weighted by molar-refractivity contribution is -0.164. The number of anilines is 1. The molecule has 3 aliphatic rings. The number of benzene rings is 1. The van der Waals surface area contributed by atoms with E-state index >= 15 is 0 Å². The number of ether oxygens (including phenoxy) is 3. The third kappa shape index (κ3) is 2.78. The summed E-state index contributed by atoms with van der Waals surface area (Å²) in [5.74, 6) is -0.740. The molecule has 6 rings (SSSR count). The van der Waals surface area contributed by atoms with Crippen LogP contribution in [-0.2, 0) is 14.2 Å². The molecular formula is C22H21ClN4O4. The highest BCUT2D eigenvalue weighted by atomic mass is 35.5. The van der Waals surface area contributed by atoms with Crippen LogP contribution < -0.4 is 5.73 Å². The van der Waals surface area contributed by atoms with Gasteiger partial charge >= 0.3 is 5.97 Å². The van der Waals surface area contributed by atoms with Crippen molar-refractivity contribution in [2.75, 3.05) is 5.73 Å². The highest BCUT2D eigenvalue weighted by molar-refractivity contribution is 6.31. The molecule has 2 aromatic heterocycles. The molecule has 0 bridgehead atoms. The van der Waals surface area contributed by atoms with Gasteiger partial charge in [0.2, 0.25) is 0 Å². The zero-order valence-electron chi connectivity index (χ0n) is 17.0. The minimum Gasteiger partial charge on any atom is -0.453 e. The van der Waals surface area contributed by atoms with Gasteiger partial charge in [0.25, 0.3) is 0 Å². The summed E-state index contributed by atoms with van der Waals surface area (Å²) in [5.41, 5.74) is 8.15. The Balaban J connectivity index is 1.43. The molecule has 1 aromatic carbocycles. The van der Waals surface area contributed by atoms with Gasteiger partial charge in [-0.3, -0.25) is 0 Å². The summed E-state index contributed by atoms with van der Waals surface area (Å²) in [4.78, 5) is 21.1. The quantitative estimate of drug-likeness (QED) is 0.606. The maximum Gasteiger partial charge on any atom is 0.339 e. The van der Waals surface area contributed by atoms with E-state index in [1.165, 1.54) is 6.33 Å². The van der Waals surface area contributed by atoms with E-state index in [1.54, 1.807) is 12.1 Å². The lowest BCUT2D eigenvalue weighted by Crippen LogP contribution is -2.29. The number of rotatable bonds is 2. The molecular weight excluding hydrogens is 420 g/mol. The average molecular weight is 441 g/mol. The van der Waals surface area contributed by atoms with Crippen LogP contribution in [-0.4, -0.2) is 38.5 Å². The van der Waals surface area contributed by atoms with E-state index in [2.05, 4.69) is 14.5 Å². The summed E-state index contributed by atoms with van der Waals surface area (Å²) in [7, 11) is 0. The molecule has 9 heteroatoms. The summed E-state index contributed by atoms with van der Waals surface area (Å²) < 4.78 is 20.6. The van der Waals surface area contributed by atoms with Gasteiger partial charge in [0.15, 0.2) is 5.79 Å². The molecule has 0 spiro atoms. The minimum atomic E-state index is -0.741. The molecule has 4 heterocycles. The van der Waals surface area contributed by atoms with E-state index in [4.69, 9.17) is 31.5 Å². The fraction of sp³-hybridized carbons (Fsp3) is 0.409. The highest BCUT2D eigenvalue weighted by Crippen LogP contribution is 2.54. The van der Waals surface area contributed by atoms with Gasteiger partial charge in [-0.2, -0.15) is 0 Å². The van der Waals surface area contributed by atoms with Crippen molar-refractivity contribution in [3.63, 3.8) is 0 Å². The number of fused-ring (bicyclic) bond motifs is 3. The SMILES string of the molecule is CC1(C)O[C@@H]2[C@@H]([C@H]3OC(=O)c4cc(Cl)ccc43)C[C@@H](n3ccc4c(N)ncnc43)[C@@H]2O1. The Bertz CT molecular complexity index is 1230. The molecule has 0 amide bonds. The van der Waals surface area contributed by atoms with Gasteiger partial charge < -0.3 is 24.5 Å². The van der Waals surface area contributed by atoms with Crippen LogP contribution in [0.2, 0.25) is 5.02 Å². The van der Waals surface area contributed by atoms with E-state index < -0.39 is 11.9 Å². The van der Waals surface area contributed by atoms with Crippen molar-refractivity contribution in [1.29, 1.82) is 0 Å². The van der Waals surface area contributed by atoms with Gasteiger partial charge in [-0.25, -0.2) is 14.8 Å². The molecule has 3 aromatic rings. The fourth-order valence-electron chi connectivity index (χ4n) is 5.33. The van der Waals surface area contributed by atoms with Crippen LogP contribution >= 0.6 is 11.6 Å². The zero-order chi connectivity index (χ0) is 21.5. The number of nitrogens with zero attached hydrogens (tertiary/aromatic N) is 3. The Morgan fingerprint density at radius 1 is 1.19 bits per heavy atom. The number of carbonyl (C=O) groups excluding carboxylic acids is 1. The van der Waals surface area contributed by atoms with Crippen LogP contribution in [0.3, 0.4) is 0 Å². The van der Waals surface area contributed by atoms with Crippen molar-refractivity contribution in [3.8, 4) is 0 Å². The lowest BCUT2D eigenvalue weighted by atomic mass is 9.91. The minimum absolute atomic E-state index is 0.0568. The van der Waals surface area contributed by atoms with Gasteiger partial charge in [-0.1, -0.05) is 17.7 Å². The summed E-state index contributed by atoms with van der Waals surface area (Å²) in [5, 5.41) is 1.31. The Hall–Kier alpha value is -2.68. The first-order valence-corrected chi connectivity index (χ1v) is 10.6. The van der Waals surface area contributed by atoms with Crippen LogP contribution in [0.1, 0.15) is 48.3 Å². The largest absolute Gasteiger partial charge is 0.453 e. The number of cyclic esters (lactones) is 1. The molecule has 2 fully saturated rings. The van der Waals surface area contributed by atoms with E-state index in [0.717, 1.165) is 16.6 Å². The Morgan fingerprint density at radius 3 is 2.84 bits per heavy atom. The molecule has 8 nitrogen and oxygen atoms in total. The number of nitrogens with two attached hydrogens (primary N) is 1. The van der Waals surface area contributed by atoms with Crippen molar-refractivity contribution in [3.05, 3.63) is 52.9 Å². The van der Waals surface area contributed by atoms with Crippen molar-refractivity contribution in [1.82, 2.24) is 14.5 Å².